The van der Waals surface area contributed by atoms with Crippen LogP contribution in [-0.2, 0) is 20.8 Å². The van der Waals surface area contributed by atoms with Crippen LogP contribution >= 0.6 is 11.6 Å². The van der Waals surface area contributed by atoms with E-state index in [1.165, 1.54) is 0 Å². The minimum atomic E-state index is -0.436. The average molecular weight is 370 g/mol. The van der Waals surface area contributed by atoms with Crippen molar-refractivity contribution in [2.24, 2.45) is 5.73 Å². The van der Waals surface area contributed by atoms with Gasteiger partial charge in [0.15, 0.2) is 0 Å². The Bertz CT molecular complexity index is 595. The Hall–Kier alpha value is -2.28. The first kappa shape index (κ1) is 20.8. The second-order valence-corrected chi connectivity index (χ2v) is 5.93. The lowest BCUT2D eigenvalue weighted by Crippen LogP contribution is -2.34. The lowest BCUT2D eigenvalue weighted by Gasteiger charge is -2.17. The normalized spacial score (nSPS) is 11.4. The zero-order valence-corrected chi connectivity index (χ0v) is 15.0. The molecule has 1 aromatic carbocycles. The third-order valence-corrected chi connectivity index (χ3v) is 4.08. The molecule has 0 heterocycles. The number of benzene rings is 1. The molecule has 1 rings (SSSR count). The number of halogens is 1. The van der Waals surface area contributed by atoms with Gasteiger partial charge in [-0.05, 0) is 30.9 Å². The van der Waals surface area contributed by atoms with Crippen LogP contribution in [-0.4, -0.2) is 37.9 Å². The highest BCUT2D eigenvalue weighted by Gasteiger charge is 2.13. The number of hydrogen-bond donors (Lipinski definition) is 3. The Labute approximate surface area is 152 Å². The summed E-state index contributed by atoms with van der Waals surface area (Å²) < 4.78 is 5.69. The topological polar surface area (TPSA) is 111 Å². The van der Waals surface area contributed by atoms with Crippen LogP contribution in [0.5, 0.6) is 5.75 Å². The Morgan fingerprint density at radius 1 is 1.36 bits per heavy atom. The molecule has 25 heavy (non-hydrogen) atoms. The molecule has 8 heteroatoms. The Kier molecular flexibility index (Phi) is 9.39. The van der Waals surface area contributed by atoms with E-state index in [0.29, 0.717) is 42.9 Å². The summed E-state index contributed by atoms with van der Waals surface area (Å²) in [5.41, 5.74) is 6.01. The van der Waals surface area contributed by atoms with E-state index in [1.54, 1.807) is 13.1 Å². The first-order valence-electron chi connectivity index (χ1n) is 8.06. The van der Waals surface area contributed by atoms with E-state index < -0.39 is 5.91 Å². The Morgan fingerprint density at radius 3 is 2.76 bits per heavy atom. The van der Waals surface area contributed by atoms with E-state index in [4.69, 9.17) is 22.1 Å². The second-order valence-electron chi connectivity index (χ2n) is 5.55. The van der Waals surface area contributed by atoms with Gasteiger partial charge in [-0.1, -0.05) is 23.7 Å². The van der Waals surface area contributed by atoms with E-state index in [1.807, 2.05) is 12.1 Å². The van der Waals surface area contributed by atoms with Crippen molar-refractivity contribution in [1.82, 2.24) is 10.6 Å². The number of carbonyl (C=O) groups is 3. The monoisotopic (exact) mass is 369 g/mol. The molecule has 1 aromatic rings. The van der Waals surface area contributed by atoms with E-state index in [2.05, 4.69) is 10.6 Å². The molecular weight excluding hydrogens is 346 g/mol. The number of nitrogens with two attached hydrogens (primary N) is 1. The molecule has 4 N–H and O–H groups in total. The first-order chi connectivity index (χ1) is 12.0. The van der Waals surface area contributed by atoms with Crippen molar-refractivity contribution in [1.29, 1.82) is 0 Å². The van der Waals surface area contributed by atoms with E-state index in [0.717, 1.165) is 5.56 Å². The molecule has 3 amide bonds. The molecule has 0 bridgehead atoms. The number of nitrogens with one attached hydrogen (secondary N) is 2. The van der Waals surface area contributed by atoms with Crippen LogP contribution < -0.4 is 21.1 Å². The fourth-order valence-electron chi connectivity index (χ4n) is 2.24. The third kappa shape index (κ3) is 7.89. The van der Waals surface area contributed by atoms with Crippen molar-refractivity contribution < 1.29 is 19.1 Å². The molecule has 0 aliphatic carbocycles. The fourth-order valence-corrected chi connectivity index (χ4v) is 2.52. The van der Waals surface area contributed by atoms with Crippen molar-refractivity contribution in [3.8, 4) is 5.75 Å². The van der Waals surface area contributed by atoms with Gasteiger partial charge in [0, 0.05) is 19.9 Å². The third-order valence-electron chi connectivity index (χ3n) is 3.66. The summed E-state index contributed by atoms with van der Waals surface area (Å²) >= 11 is 6.36. The van der Waals surface area contributed by atoms with Crippen LogP contribution in [0.4, 0.5) is 0 Å². The number of ether oxygens (including phenoxy) is 1. The number of primary amides is 1. The molecule has 1 atom stereocenters. The van der Waals surface area contributed by atoms with Crippen LogP contribution in [0.1, 0.15) is 31.2 Å². The van der Waals surface area contributed by atoms with Crippen LogP contribution in [0, 0.1) is 0 Å². The van der Waals surface area contributed by atoms with Gasteiger partial charge in [0.05, 0.1) is 11.1 Å². The van der Waals surface area contributed by atoms with Gasteiger partial charge in [-0.25, -0.2) is 0 Å². The minimum Gasteiger partial charge on any atom is -0.490 e. The number of hydrogen-bond acceptors (Lipinski definition) is 4. The highest BCUT2D eigenvalue weighted by Crippen LogP contribution is 2.29. The van der Waals surface area contributed by atoms with Gasteiger partial charge in [-0.15, -0.1) is 0 Å². The quantitative estimate of drug-likeness (QED) is 0.480. The predicted octanol–water partition coefficient (Wildman–Crippen LogP) is 1.17. The van der Waals surface area contributed by atoms with Crippen LogP contribution in [0.15, 0.2) is 18.2 Å². The summed E-state index contributed by atoms with van der Waals surface area (Å²) in [7, 11) is 1.60. The highest BCUT2D eigenvalue weighted by atomic mass is 35.5. The van der Waals surface area contributed by atoms with E-state index >= 15 is 0 Å². The van der Waals surface area contributed by atoms with Gasteiger partial charge >= 0.3 is 0 Å². The SMILES string of the molecule is CNC(=O)CCCc1cccc(OCC(CCC(N)=O)NC=O)c1Cl. The minimum absolute atomic E-state index is 0.0132. The second kappa shape index (κ2) is 11.3. The first-order valence-corrected chi connectivity index (χ1v) is 8.44. The maximum atomic E-state index is 11.3. The van der Waals surface area contributed by atoms with Gasteiger partial charge in [-0.2, -0.15) is 0 Å². The van der Waals surface area contributed by atoms with Crippen LogP contribution in [0.2, 0.25) is 5.02 Å². The van der Waals surface area contributed by atoms with Gasteiger partial charge in [-0.3, -0.25) is 14.4 Å². The summed E-state index contributed by atoms with van der Waals surface area (Å²) in [4.78, 5) is 32.8. The van der Waals surface area contributed by atoms with Gasteiger partial charge < -0.3 is 21.1 Å². The summed E-state index contributed by atoms with van der Waals surface area (Å²) in [5.74, 6) is 0.0467. The summed E-state index contributed by atoms with van der Waals surface area (Å²) in [6.45, 7) is 0.174. The van der Waals surface area contributed by atoms with Crippen molar-refractivity contribution in [2.45, 2.75) is 38.1 Å². The lowest BCUT2D eigenvalue weighted by molar-refractivity contribution is -0.120. The van der Waals surface area contributed by atoms with E-state index in [-0.39, 0.29) is 25.0 Å². The Balaban J connectivity index is 2.62. The molecule has 0 saturated heterocycles. The molecule has 0 radical (unpaired) electrons. The van der Waals surface area contributed by atoms with Crippen LogP contribution in [0.3, 0.4) is 0 Å². The number of aryl methyl sites for hydroxylation is 1. The predicted molar refractivity (Wildman–Crippen MR) is 95.4 cm³/mol. The molecule has 0 spiro atoms. The van der Waals surface area contributed by atoms with Crippen molar-refractivity contribution in [2.75, 3.05) is 13.7 Å². The molecule has 1 unspecified atom stereocenters. The van der Waals surface area contributed by atoms with Crippen LogP contribution in [0.25, 0.3) is 0 Å². The number of carbonyl (C=O) groups excluding carboxylic acids is 3. The number of rotatable bonds is 12. The molecule has 0 fully saturated rings. The largest absolute Gasteiger partial charge is 0.490 e. The maximum Gasteiger partial charge on any atom is 0.219 e. The standard InChI is InChI=1S/C17H24ClN3O4/c1-20-16(24)7-3-5-12-4-2-6-14(17(12)18)25-10-13(21-11-22)8-9-15(19)23/h2,4,6,11,13H,3,5,7-10H2,1H3,(H2,19,23)(H,20,24)(H,21,22). The fraction of sp³-hybridized carbons (Fsp3) is 0.471. The van der Waals surface area contributed by atoms with Gasteiger partial charge in [0.2, 0.25) is 18.2 Å². The molecule has 0 aromatic heterocycles. The molecular formula is C17H24ClN3O4. The highest BCUT2D eigenvalue weighted by molar-refractivity contribution is 6.32. The average Bonchev–Trinajstić information content (AvgIpc) is 2.59. The van der Waals surface area contributed by atoms with E-state index in [9.17, 15) is 14.4 Å². The summed E-state index contributed by atoms with van der Waals surface area (Å²) in [5, 5.41) is 5.66. The zero-order valence-electron chi connectivity index (χ0n) is 14.2. The Morgan fingerprint density at radius 2 is 2.12 bits per heavy atom. The van der Waals surface area contributed by atoms with Crippen molar-refractivity contribution >= 4 is 29.8 Å². The molecule has 0 saturated carbocycles. The maximum absolute atomic E-state index is 11.3. The van der Waals surface area contributed by atoms with Crippen molar-refractivity contribution in [3.63, 3.8) is 0 Å². The zero-order chi connectivity index (χ0) is 18.7. The molecule has 0 aliphatic rings. The molecule has 138 valence electrons. The smallest absolute Gasteiger partial charge is 0.219 e. The van der Waals surface area contributed by atoms with Gasteiger partial charge in [0.1, 0.15) is 12.4 Å². The summed E-state index contributed by atoms with van der Waals surface area (Å²) in [6.07, 6.45) is 2.86. The van der Waals surface area contributed by atoms with Crippen molar-refractivity contribution in [3.05, 3.63) is 28.8 Å². The molecule has 0 aliphatic heterocycles. The lowest BCUT2D eigenvalue weighted by atomic mass is 10.1. The molecule has 7 nitrogen and oxygen atoms in total. The number of amides is 3. The summed E-state index contributed by atoms with van der Waals surface area (Å²) in [6, 6.07) is 5.10. The van der Waals surface area contributed by atoms with Gasteiger partial charge in [0.25, 0.3) is 0 Å².